The van der Waals surface area contributed by atoms with Crippen LogP contribution in [0.4, 0.5) is 5.82 Å². The highest BCUT2D eigenvalue weighted by Crippen LogP contribution is 2.39. The highest BCUT2D eigenvalue weighted by molar-refractivity contribution is 7.99. The van der Waals surface area contributed by atoms with E-state index in [1.807, 2.05) is 31.2 Å². The lowest BCUT2D eigenvalue weighted by Gasteiger charge is -2.28. The predicted molar refractivity (Wildman–Crippen MR) is 103 cm³/mol. The van der Waals surface area contributed by atoms with E-state index in [0.717, 1.165) is 5.56 Å². The molecular formula is C19H21N3O3S. The molecule has 0 saturated heterocycles. The minimum absolute atomic E-state index is 0.130. The largest absolute Gasteiger partial charge is 0.494 e. The van der Waals surface area contributed by atoms with E-state index in [1.165, 1.54) is 11.8 Å². The topological polar surface area (TPSA) is 73.2 Å². The predicted octanol–water partition coefficient (Wildman–Crippen LogP) is 2.93. The Bertz CT molecular complexity index is 907. The van der Waals surface area contributed by atoms with Gasteiger partial charge in [-0.2, -0.15) is 4.98 Å². The summed E-state index contributed by atoms with van der Waals surface area (Å²) >= 11 is 1.40. The van der Waals surface area contributed by atoms with Gasteiger partial charge >= 0.3 is 0 Å². The minimum atomic E-state index is -0.383. The quantitative estimate of drug-likeness (QED) is 0.480. The Hall–Kier alpha value is -2.54. The summed E-state index contributed by atoms with van der Waals surface area (Å²) < 4.78 is 7.47. The van der Waals surface area contributed by atoms with Crippen LogP contribution in [0, 0.1) is 0 Å². The number of amides is 1. The Balaban J connectivity index is 2.16. The standard InChI is InChI=1S/C19H21N3O3S/c1-4-10-26-19-21-18(24)16-13(11-15(23)20-17(16)22(19)3)12-8-6-7-9-14(12)25-5-2/h4,6-9,13H,1,5,10-11H2,2-3H3,(H,20,23)/t13-/m0/s1. The molecule has 7 heteroatoms. The second kappa shape index (κ2) is 7.78. The Morgan fingerprint density at radius 2 is 2.19 bits per heavy atom. The number of benzene rings is 1. The highest BCUT2D eigenvalue weighted by atomic mass is 32.2. The van der Waals surface area contributed by atoms with E-state index in [1.54, 1.807) is 17.7 Å². The lowest BCUT2D eigenvalue weighted by atomic mass is 9.86. The first kappa shape index (κ1) is 18.3. The van der Waals surface area contributed by atoms with Crippen LogP contribution in [0.1, 0.15) is 30.4 Å². The second-order valence-corrected chi connectivity index (χ2v) is 6.88. The average Bonchev–Trinajstić information content (AvgIpc) is 2.63. The van der Waals surface area contributed by atoms with Crippen LogP contribution in [0.3, 0.4) is 0 Å². The molecule has 0 fully saturated rings. The molecule has 2 aromatic rings. The number of hydrogen-bond acceptors (Lipinski definition) is 5. The van der Waals surface area contributed by atoms with Crippen LogP contribution in [-0.4, -0.2) is 27.8 Å². The molecule has 1 aliphatic heterocycles. The van der Waals surface area contributed by atoms with Gasteiger partial charge in [-0.25, -0.2) is 0 Å². The molecule has 1 aromatic carbocycles. The highest BCUT2D eigenvalue weighted by Gasteiger charge is 2.33. The summed E-state index contributed by atoms with van der Waals surface area (Å²) in [5.41, 5.74) is 1.01. The fraction of sp³-hybridized carbons (Fsp3) is 0.316. The number of ether oxygens (including phenoxy) is 1. The van der Waals surface area contributed by atoms with Gasteiger partial charge in [0.1, 0.15) is 11.6 Å². The molecule has 2 heterocycles. The number of carbonyl (C=O) groups excluding carboxylic acids is 1. The molecule has 1 N–H and O–H groups in total. The summed E-state index contributed by atoms with van der Waals surface area (Å²) in [6.07, 6.45) is 1.93. The van der Waals surface area contributed by atoms with E-state index in [4.69, 9.17) is 4.74 Å². The van der Waals surface area contributed by atoms with Crippen molar-refractivity contribution in [3.63, 3.8) is 0 Å². The summed E-state index contributed by atoms with van der Waals surface area (Å²) in [5.74, 6) is 1.31. The van der Waals surface area contributed by atoms with Gasteiger partial charge in [0.2, 0.25) is 5.91 Å². The van der Waals surface area contributed by atoms with Gasteiger partial charge in [0.25, 0.3) is 5.56 Å². The molecule has 1 atom stereocenters. The fourth-order valence-electron chi connectivity index (χ4n) is 3.12. The van der Waals surface area contributed by atoms with Crippen molar-refractivity contribution in [1.82, 2.24) is 9.55 Å². The molecule has 0 aliphatic carbocycles. The second-order valence-electron chi connectivity index (χ2n) is 5.90. The van der Waals surface area contributed by atoms with Crippen LogP contribution in [0.15, 0.2) is 46.9 Å². The summed E-state index contributed by atoms with van der Waals surface area (Å²) in [6, 6.07) is 7.52. The zero-order valence-corrected chi connectivity index (χ0v) is 15.6. The number of nitrogens with zero attached hydrogens (tertiary/aromatic N) is 2. The van der Waals surface area contributed by atoms with Gasteiger partial charge in [-0.3, -0.25) is 9.59 Å². The van der Waals surface area contributed by atoms with E-state index in [9.17, 15) is 9.59 Å². The van der Waals surface area contributed by atoms with E-state index in [2.05, 4.69) is 16.9 Å². The Labute approximate surface area is 156 Å². The van der Waals surface area contributed by atoms with E-state index in [0.29, 0.717) is 34.6 Å². The number of aromatic nitrogens is 2. The van der Waals surface area contributed by atoms with E-state index < -0.39 is 0 Å². The third kappa shape index (κ3) is 3.39. The summed E-state index contributed by atoms with van der Waals surface area (Å²) in [6.45, 7) is 6.10. The maximum atomic E-state index is 12.8. The van der Waals surface area contributed by atoms with Crippen molar-refractivity contribution in [1.29, 1.82) is 0 Å². The average molecular weight is 371 g/mol. The van der Waals surface area contributed by atoms with Crippen LogP contribution in [0.25, 0.3) is 0 Å². The smallest absolute Gasteiger partial charge is 0.279 e. The maximum absolute atomic E-state index is 12.8. The van der Waals surface area contributed by atoms with Gasteiger partial charge in [0, 0.05) is 30.7 Å². The number of para-hydroxylation sites is 1. The number of nitrogens with one attached hydrogen (secondary N) is 1. The van der Waals surface area contributed by atoms with E-state index in [-0.39, 0.29) is 23.8 Å². The number of fused-ring (bicyclic) bond motifs is 1. The molecule has 0 bridgehead atoms. The molecule has 0 unspecified atom stereocenters. The minimum Gasteiger partial charge on any atom is -0.494 e. The Morgan fingerprint density at radius 3 is 2.92 bits per heavy atom. The van der Waals surface area contributed by atoms with Crippen molar-refractivity contribution in [3.8, 4) is 5.75 Å². The molecule has 0 saturated carbocycles. The zero-order valence-electron chi connectivity index (χ0n) is 14.8. The number of hydrogen-bond donors (Lipinski definition) is 1. The van der Waals surface area contributed by atoms with Crippen LogP contribution in [-0.2, 0) is 11.8 Å². The van der Waals surface area contributed by atoms with Crippen LogP contribution < -0.4 is 15.6 Å². The molecule has 1 amide bonds. The van der Waals surface area contributed by atoms with Gasteiger partial charge < -0.3 is 14.6 Å². The Morgan fingerprint density at radius 1 is 1.42 bits per heavy atom. The van der Waals surface area contributed by atoms with Crippen LogP contribution >= 0.6 is 11.8 Å². The summed E-state index contributed by atoms with van der Waals surface area (Å²) in [4.78, 5) is 29.4. The number of thioether (sulfide) groups is 1. The number of anilines is 1. The normalized spacial score (nSPS) is 15.9. The number of rotatable bonds is 6. The lowest BCUT2D eigenvalue weighted by molar-refractivity contribution is -0.116. The van der Waals surface area contributed by atoms with Crippen molar-refractivity contribution in [2.75, 3.05) is 17.7 Å². The summed E-state index contributed by atoms with van der Waals surface area (Å²) in [5, 5.41) is 3.39. The molecule has 1 aromatic heterocycles. The van der Waals surface area contributed by atoms with Crippen molar-refractivity contribution < 1.29 is 9.53 Å². The molecule has 3 rings (SSSR count). The molecule has 0 radical (unpaired) electrons. The number of carbonyl (C=O) groups is 1. The molecule has 136 valence electrons. The van der Waals surface area contributed by atoms with Crippen molar-refractivity contribution in [2.45, 2.75) is 24.4 Å². The molecule has 6 nitrogen and oxygen atoms in total. The maximum Gasteiger partial charge on any atom is 0.279 e. The van der Waals surface area contributed by atoms with Crippen molar-refractivity contribution in [2.24, 2.45) is 7.05 Å². The molecular weight excluding hydrogens is 350 g/mol. The first-order valence-electron chi connectivity index (χ1n) is 8.43. The van der Waals surface area contributed by atoms with E-state index >= 15 is 0 Å². The van der Waals surface area contributed by atoms with Gasteiger partial charge in [0.05, 0.1) is 12.2 Å². The fourth-order valence-corrected chi connectivity index (χ4v) is 3.82. The zero-order chi connectivity index (χ0) is 18.7. The van der Waals surface area contributed by atoms with Crippen LogP contribution in [0.2, 0.25) is 0 Å². The van der Waals surface area contributed by atoms with Gasteiger partial charge in [0.15, 0.2) is 5.16 Å². The third-order valence-corrected chi connectivity index (χ3v) is 5.25. The third-order valence-electron chi connectivity index (χ3n) is 4.23. The first-order valence-corrected chi connectivity index (χ1v) is 9.41. The first-order chi connectivity index (χ1) is 12.6. The van der Waals surface area contributed by atoms with Crippen LogP contribution in [0.5, 0.6) is 5.75 Å². The Kier molecular flexibility index (Phi) is 5.46. The molecule has 1 aliphatic rings. The van der Waals surface area contributed by atoms with Crippen molar-refractivity contribution >= 4 is 23.5 Å². The van der Waals surface area contributed by atoms with Gasteiger partial charge in [-0.15, -0.1) is 6.58 Å². The lowest BCUT2D eigenvalue weighted by Crippen LogP contribution is -2.33. The van der Waals surface area contributed by atoms with Crippen molar-refractivity contribution in [3.05, 3.63) is 58.4 Å². The van der Waals surface area contributed by atoms with Gasteiger partial charge in [-0.1, -0.05) is 36.0 Å². The SMILES string of the molecule is C=CCSc1nc(=O)c2c(n1C)NC(=O)C[C@H]2c1ccccc1OCC. The summed E-state index contributed by atoms with van der Waals surface area (Å²) in [7, 11) is 1.80. The van der Waals surface area contributed by atoms with Gasteiger partial charge in [-0.05, 0) is 13.0 Å². The molecule has 26 heavy (non-hydrogen) atoms. The molecule has 0 spiro atoms. The monoisotopic (exact) mass is 371 g/mol.